The number of thiocarbonyl (C=S) groups is 1. The van der Waals surface area contributed by atoms with Crippen LogP contribution in [0.3, 0.4) is 0 Å². The fourth-order valence-electron chi connectivity index (χ4n) is 3.33. The van der Waals surface area contributed by atoms with E-state index in [1.165, 1.54) is 0 Å². The van der Waals surface area contributed by atoms with Crippen LogP contribution in [0.15, 0.2) is 12.1 Å². The average molecular weight is 346 g/mol. The van der Waals surface area contributed by atoms with Crippen molar-refractivity contribution >= 4 is 40.4 Å². The predicted molar refractivity (Wildman–Crippen MR) is 88.4 cm³/mol. The smallest absolute Gasteiger partial charge is 0.120 e. The Morgan fingerprint density at radius 2 is 2.00 bits per heavy atom. The Bertz CT molecular complexity index is 575. The Kier molecular flexibility index (Phi) is 4.33. The van der Waals surface area contributed by atoms with Gasteiger partial charge in [-0.05, 0) is 30.9 Å². The first-order valence-corrected chi connectivity index (χ1v) is 8.24. The Hall–Kier alpha value is -0.550. The van der Waals surface area contributed by atoms with Crippen LogP contribution in [0.25, 0.3) is 0 Å². The summed E-state index contributed by atoms with van der Waals surface area (Å²) in [5.41, 5.74) is 0.701. The number of aliphatic hydroxyl groups excluding tert-OH is 1. The fraction of sp³-hybridized carbons (Fsp3) is 0.533. The third-order valence-corrected chi connectivity index (χ3v) is 5.81. The van der Waals surface area contributed by atoms with Crippen molar-refractivity contribution in [2.24, 2.45) is 5.92 Å². The van der Waals surface area contributed by atoms with Crippen molar-refractivity contribution in [2.75, 3.05) is 13.2 Å². The number of phenols is 1. The minimum absolute atomic E-state index is 0.0804. The monoisotopic (exact) mass is 345 g/mol. The van der Waals surface area contributed by atoms with E-state index in [0.29, 0.717) is 34.0 Å². The number of benzene rings is 1. The van der Waals surface area contributed by atoms with Crippen molar-refractivity contribution in [1.29, 1.82) is 0 Å². The van der Waals surface area contributed by atoms with Gasteiger partial charge in [0, 0.05) is 37.1 Å². The summed E-state index contributed by atoms with van der Waals surface area (Å²) < 4.78 is 0. The highest BCUT2D eigenvalue weighted by atomic mass is 35.5. The molecule has 1 heterocycles. The van der Waals surface area contributed by atoms with Gasteiger partial charge in [-0.3, -0.25) is 0 Å². The van der Waals surface area contributed by atoms with Crippen molar-refractivity contribution in [3.63, 3.8) is 0 Å². The zero-order valence-corrected chi connectivity index (χ0v) is 13.8. The summed E-state index contributed by atoms with van der Waals surface area (Å²) in [6.07, 6.45) is 2.68. The lowest BCUT2D eigenvalue weighted by atomic mass is 9.80. The van der Waals surface area contributed by atoms with Crippen LogP contribution in [-0.4, -0.2) is 39.3 Å². The van der Waals surface area contributed by atoms with Crippen LogP contribution < -0.4 is 0 Å². The summed E-state index contributed by atoms with van der Waals surface area (Å²) >= 11 is 17.8. The van der Waals surface area contributed by atoms with E-state index in [9.17, 15) is 5.11 Å². The minimum atomic E-state index is 0.0804. The number of nitrogens with zero attached hydrogens (tertiary/aromatic N) is 1. The average Bonchev–Trinajstić information content (AvgIpc) is 2.75. The van der Waals surface area contributed by atoms with Crippen LogP contribution in [0.2, 0.25) is 10.0 Å². The van der Waals surface area contributed by atoms with Gasteiger partial charge in [0.1, 0.15) is 5.75 Å². The van der Waals surface area contributed by atoms with Crippen LogP contribution in [-0.2, 0) is 0 Å². The molecule has 3 nitrogen and oxygen atoms in total. The number of aromatic hydroxyl groups is 1. The van der Waals surface area contributed by atoms with E-state index in [0.717, 1.165) is 24.4 Å². The zero-order chi connectivity index (χ0) is 15.1. The van der Waals surface area contributed by atoms with Crippen molar-refractivity contribution < 1.29 is 10.2 Å². The van der Waals surface area contributed by atoms with Crippen LogP contribution in [0.4, 0.5) is 0 Å². The van der Waals surface area contributed by atoms with E-state index in [1.807, 2.05) is 0 Å². The Morgan fingerprint density at radius 1 is 1.29 bits per heavy atom. The second-order valence-corrected chi connectivity index (χ2v) is 7.17. The molecule has 114 valence electrons. The normalized spacial score (nSPS) is 28.8. The number of hydrogen-bond acceptors (Lipinski definition) is 3. The second-order valence-electron chi connectivity index (χ2n) is 5.92. The molecule has 6 heteroatoms. The predicted octanol–water partition coefficient (Wildman–Crippen LogP) is 3.59. The molecule has 2 N–H and O–H groups in total. The number of aliphatic hydroxyl groups is 1. The molecule has 1 aliphatic heterocycles. The molecule has 0 amide bonds. The molecule has 1 aromatic rings. The summed E-state index contributed by atoms with van der Waals surface area (Å²) in [5.74, 6) is 0.665. The Balaban J connectivity index is 1.78. The summed E-state index contributed by atoms with van der Waals surface area (Å²) in [6, 6.07) is 3.60. The van der Waals surface area contributed by atoms with Crippen molar-refractivity contribution in [2.45, 2.75) is 31.2 Å². The van der Waals surface area contributed by atoms with Gasteiger partial charge >= 0.3 is 0 Å². The summed E-state index contributed by atoms with van der Waals surface area (Å²) in [4.78, 5) is 3.14. The number of hydrogen-bond donors (Lipinski definition) is 2. The molecule has 21 heavy (non-hydrogen) atoms. The number of phenolic OH excluding ortho intramolecular Hbond substituents is 1. The molecule has 1 saturated heterocycles. The molecular formula is C15H17Cl2NO2S. The van der Waals surface area contributed by atoms with E-state index in [2.05, 4.69) is 4.90 Å². The zero-order valence-electron chi connectivity index (χ0n) is 11.4. The van der Waals surface area contributed by atoms with Gasteiger partial charge in [-0.2, -0.15) is 0 Å². The van der Waals surface area contributed by atoms with Gasteiger partial charge < -0.3 is 15.1 Å². The SMILES string of the molecule is OCC1CC(N2C[C@@H](c3c(O)ccc(Cl)c3Cl)CC2=S)C1. The Labute approximate surface area is 139 Å². The van der Waals surface area contributed by atoms with Gasteiger partial charge in [0.05, 0.1) is 15.0 Å². The molecule has 3 rings (SSSR count). The highest BCUT2D eigenvalue weighted by molar-refractivity contribution is 7.80. The van der Waals surface area contributed by atoms with Crippen molar-refractivity contribution in [1.82, 2.24) is 4.90 Å². The molecule has 0 aromatic heterocycles. The molecule has 2 aliphatic rings. The first-order chi connectivity index (χ1) is 10.0. The highest BCUT2D eigenvalue weighted by Gasteiger charge is 2.40. The number of rotatable bonds is 3. The first kappa shape index (κ1) is 15.3. The standard InChI is InChI=1S/C15H17Cl2NO2S/c16-11-1-2-12(20)14(15(11)17)9-5-13(21)18(6-9)10-3-8(4-10)7-19/h1-2,8-10,19-20H,3-7H2/t8?,9-,10?/m0/s1. The van der Waals surface area contributed by atoms with E-state index in [-0.39, 0.29) is 18.3 Å². The maximum atomic E-state index is 10.1. The van der Waals surface area contributed by atoms with Crippen LogP contribution >= 0.6 is 35.4 Å². The van der Waals surface area contributed by atoms with Gasteiger partial charge in [-0.15, -0.1) is 0 Å². The van der Waals surface area contributed by atoms with E-state index < -0.39 is 0 Å². The van der Waals surface area contributed by atoms with Crippen LogP contribution in [0.1, 0.15) is 30.7 Å². The molecule has 1 saturated carbocycles. The van der Waals surface area contributed by atoms with Gasteiger partial charge in [0.15, 0.2) is 0 Å². The third kappa shape index (κ3) is 2.74. The second kappa shape index (κ2) is 5.92. The van der Waals surface area contributed by atoms with Gasteiger partial charge in [-0.25, -0.2) is 0 Å². The number of likely N-dealkylation sites (tertiary alicyclic amines) is 1. The third-order valence-electron chi connectivity index (χ3n) is 4.59. The first-order valence-electron chi connectivity index (χ1n) is 7.08. The highest BCUT2D eigenvalue weighted by Crippen LogP contribution is 2.44. The quantitative estimate of drug-likeness (QED) is 0.821. The lowest BCUT2D eigenvalue weighted by Crippen LogP contribution is -2.46. The molecule has 0 bridgehead atoms. The van der Waals surface area contributed by atoms with Gasteiger partial charge in [0.2, 0.25) is 0 Å². The molecule has 0 unspecified atom stereocenters. The maximum absolute atomic E-state index is 10.1. The largest absolute Gasteiger partial charge is 0.508 e. The topological polar surface area (TPSA) is 43.7 Å². The summed E-state index contributed by atoms with van der Waals surface area (Å²) in [6.45, 7) is 1.01. The molecule has 2 fully saturated rings. The molecule has 1 aliphatic carbocycles. The van der Waals surface area contributed by atoms with Gasteiger partial charge in [-0.1, -0.05) is 35.4 Å². The van der Waals surface area contributed by atoms with Crippen molar-refractivity contribution in [3.8, 4) is 5.75 Å². The molecular weight excluding hydrogens is 329 g/mol. The number of halogens is 2. The summed E-state index contributed by atoms with van der Waals surface area (Å²) in [5, 5.41) is 20.1. The lowest BCUT2D eigenvalue weighted by Gasteiger charge is -2.41. The van der Waals surface area contributed by atoms with Crippen LogP contribution in [0, 0.1) is 5.92 Å². The van der Waals surface area contributed by atoms with E-state index >= 15 is 0 Å². The molecule has 1 atom stereocenters. The van der Waals surface area contributed by atoms with Crippen LogP contribution in [0.5, 0.6) is 5.75 Å². The van der Waals surface area contributed by atoms with Gasteiger partial charge in [0.25, 0.3) is 0 Å². The minimum Gasteiger partial charge on any atom is -0.508 e. The van der Waals surface area contributed by atoms with E-state index in [1.54, 1.807) is 12.1 Å². The molecule has 1 aromatic carbocycles. The maximum Gasteiger partial charge on any atom is 0.120 e. The lowest BCUT2D eigenvalue weighted by molar-refractivity contribution is 0.0868. The Morgan fingerprint density at radius 3 is 2.67 bits per heavy atom. The molecule has 0 radical (unpaired) electrons. The fourth-order valence-corrected chi connectivity index (χ4v) is 4.23. The molecule has 0 spiro atoms. The van der Waals surface area contributed by atoms with Crippen molar-refractivity contribution in [3.05, 3.63) is 27.7 Å². The van der Waals surface area contributed by atoms with E-state index in [4.69, 9.17) is 40.5 Å². The summed E-state index contributed by atoms with van der Waals surface area (Å²) in [7, 11) is 0.